The lowest BCUT2D eigenvalue weighted by Crippen LogP contribution is -2.50. The van der Waals surface area contributed by atoms with Crippen LogP contribution >= 0.6 is 0 Å². The number of carbonyl (C=O) groups excluding carboxylic acids is 1. The Morgan fingerprint density at radius 2 is 1.78 bits per heavy atom. The van der Waals surface area contributed by atoms with Crippen LogP contribution in [0.15, 0.2) is 0 Å². The number of rotatable bonds is 4. The summed E-state index contributed by atoms with van der Waals surface area (Å²) in [7, 11) is 3.50. The molecule has 1 amide bonds. The molecule has 4 nitrogen and oxygen atoms in total. The van der Waals surface area contributed by atoms with Crippen LogP contribution in [0, 0.1) is 5.41 Å². The molecule has 0 aromatic carbocycles. The van der Waals surface area contributed by atoms with Crippen molar-refractivity contribution in [3.05, 3.63) is 0 Å². The van der Waals surface area contributed by atoms with Crippen molar-refractivity contribution in [3.63, 3.8) is 0 Å². The Labute approximate surface area is 111 Å². The van der Waals surface area contributed by atoms with E-state index in [2.05, 4.69) is 19.2 Å². The molecule has 106 valence electrons. The van der Waals surface area contributed by atoms with E-state index >= 15 is 0 Å². The van der Waals surface area contributed by atoms with Gasteiger partial charge in [0.2, 0.25) is 5.91 Å². The highest BCUT2D eigenvalue weighted by Gasteiger charge is 2.36. The Kier molecular flexibility index (Phi) is 4.78. The van der Waals surface area contributed by atoms with Gasteiger partial charge in [-0.15, -0.1) is 0 Å². The first kappa shape index (κ1) is 15.4. The predicted octanol–water partition coefficient (Wildman–Crippen LogP) is 1.38. The number of nitrogens with one attached hydrogen (secondary N) is 1. The first-order chi connectivity index (χ1) is 8.15. The lowest BCUT2D eigenvalue weighted by Gasteiger charge is -2.40. The number of amides is 1. The maximum Gasteiger partial charge on any atom is 0.238 e. The van der Waals surface area contributed by atoms with E-state index in [-0.39, 0.29) is 11.9 Å². The largest absolute Gasteiger partial charge is 0.389 e. The van der Waals surface area contributed by atoms with Gasteiger partial charge in [-0.2, -0.15) is 0 Å². The van der Waals surface area contributed by atoms with E-state index in [0.717, 1.165) is 25.7 Å². The van der Waals surface area contributed by atoms with Crippen molar-refractivity contribution in [3.8, 4) is 0 Å². The van der Waals surface area contributed by atoms with Crippen LogP contribution in [-0.4, -0.2) is 48.2 Å². The zero-order valence-corrected chi connectivity index (χ0v) is 12.4. The van der Waals surface area contributed by atoms with E-state index in [1.54, 1.807) is 19.0 Å². The van der Waals surface area contributed by atoms with Crippen molar-refractivity contribution in [1.82, 2.24) is 10.2 Å². The highest BCUT2D eigenvalue weighted by atomic mass is 16.3. The van der Waals surface area contributed by atoms with Crippen LogP contribution in [0.1, 0.15) is 46.5 Å². The lowest BCUT2D eigenvalue weighted by atomic mass is 9.71. The molecule has 1 fully saturated rings. The first-order valence-electron chi connectivity index (χ1n) is 6.82. The third-order valence-electron chi connectivity index (χ3n) is 4.08. The molecule has 1 aliphatic rings. The second-order valence-electron chi connectivity index (χ2n) is 6.72. The van der Waals surface area contributed by atoms with Crippen molar-refractivity contribution in [2.75, 3.05) is 20.6 Å². The minimum absolute atomic E-state index is 0.0507. The number of carbonyl (C=O) groups is 1. The Hall–Kier alpha value is -0.610. The summed E-state index contributed by atoms with van der Waals surface area (Å²) >= 11 is 0. The predicted molar refractivity (Wildman–Crippen MR) is 73.4 cm³/mol. The Balaban J connectivity index is 2.42. The van der Waals surface area contributed by atoms with Gasteiger partial charge in [0.15, 0.2) is 0 Å². The minimum Gasteiger partial charge on any atom is -0.389 e. The summed E-state index contributed by atoms with van der Waals surface area (Å²) in [6.07, 6.45) is 3.72. The van der Waals surface area contributed by atoms with Gasteiger partial charge < -0.3 is 15.3 Å². The molecule has 4 heteroatoms. The van der Waals surface area contributed by atoms with Crippen molar-refractivity contribution in [2.45, 2.75) is 58.1 Å². The Morgan fingerprint density at radius 3 is 2.22 bits per heavy atom. The van der Waals surface area contributed by atoms with Gasteiger partial charge in [0.05, 0.1) is 11.6 Å². The SMILES string of the molecule is CC(NCC1(O)CCC(C)(C)CC1)C(=O)N(C)C. The first-order valence-corrected chi connectivity index (χ1v) is 6.82. The smallest absolute Gasteiger partial charge is 0.238 e. The monoisotopic (exact) mass is 256 g/mol. The normalized spacial score (nSPS) is 23.4. The van der Waals surface area contributed by atoms with Gasteiger partial charge in [0.1, 0.15) is 0 Å². The molecule has 0 heterocycles. The molecular formula is C14H28N2O2. The van der Waals surface area contributed by atoms with Crippen LogP contribution < -0.4 is 5.32 Å². The molecule has 1 saturated carbocycles. The van der Waals surface area contributed by atoms with Crippen LogP contribution in [-0.2, 0) is 4.79 Å². The highest BCUT2D eigenvalue weighted by Crippen LogP contribution is 2.39. The zero-order valence-electron chi connectivity index (χ0n) is 12.4. The van der Waals surface area contributed by atoms with Crippen LogP contribution in [0.2, 0.25) is 0 Å². The number of aliphatic hydroxyl groups is 1. The summed E-state index contributed by atoms with van der Waals surface area (Å²) < 4.78 is 0. The molecule has 0 bridgehead atoms. The average Bonchev–Trinajstić information content (AvgIpc) is 2.30. The highest BCUT2D eigenvalue weighted by molar-refractivity contribution is 5.80. The van der Waals surface area contributed by atoms with E-state index in [1.165, 1.54) is 0 Å². The molecule has 1 aliphatic carbocycles. The number of hydrogen-bond acceptors (Lipinski definition) is 3. The number of likely N-dealkylation sites (N-methyl/N-ethyl adjacent to an activating group) is 1. The second kappa shape index (κ2) is 5.57. The van der Waals surface area contributed by atoms with E-state index in [4.69, 9.17) is 0 Å². The summed E-state index contributed by atoms with van der Waals surface area (Å²) in [5.74, 6) is 0.0507. The molecule has 0 aromatic rings. The quantitative estimate of drug-likeness (QED) is 0.799. The molecule has 18 heavy (non-hydrogen) atoms. The van der Waals surface area contributed by atoms with E-state index in [9.17, 15) is 9.90 Å². The number of nitrogens with zero attached hydrogens (tertiary/aromatic N) is 1. The van der Waals surface area contributed by atoms with Crippen LogP contribution in [0.3, 0.4) is 0 Å². The second-order valence-corrected chi connectivity index (χ2v) is 6.72. The molecule has 0 radical (unpaired) electrons. The number of hydrogen-bond donors (Lipinski definition) is 2. The van der Waals surface area contributed by atoms with Crippen molar-refractivity contribution in [2.24, 2.45) is 5.41 Å². The van der Waals surface area contributed by atoms with Crippen LogP contribution in [0.25, 0.3) is 0 Å². The summed E-state index contributed by atoms with van der Waals surface area (Å²) in [6.45, 7) is 6.85. The van der Waals surface area contributed by atoms with Gasteiger partial charge in [-0.05, 0) is 38.0 Å². The zero-order chi connectivity index (χ0) is 14.0. The molecule has 1 atom stereocenters. The summed E-state index contributed by atoms with van der Waals surface area (Å²) in [5, 5.41) is 13.6. The third kappa shape index (κ3) is 4.25. The van der Waals surface area contributed by atoms with E-state index in [0.29, 0.717) is 12.0 Å². The van der Waals surface area contributed by atoms with Gasteiger partial charge in [-0.3, -0.25) is 4.79 Å². The maximum atomic E-state index is 11.7. The van der Waals surface area contributed by atoms with Gasteiger partial charge in [0.25, 0.3) is 0 Å². The molecule has 0 aliphatic heterocycles. The molecule has 0 aromatic heterocycles. The fourth-order valence-corrected chi connectivity index (χ4v) is 2.39. The summed E-state index contributed by atoms with van der Waals surface area (Å²) in [6, 6.07) is -0.237. The summed E-state index contributed by atoms with van der Waals surface area (Å²) in [5.41, 5.74) is -0.298. The lowest BCUT2D eigenvalue weighted by molar-refractivity contribution is -0.130. The fraction of sp³-hybridized carbons (Fsp3) is 0.929. The van der Waals surface area contributed by atoms with Gasteiger partial charge in [-0.25, -0.2) is 0 Å². The van der Waals surface area contributed by atoms with E-state index in [1.807, 2.05) is 6.92 Å². The minimum atomic E-state index is -0.642. The Bertz CT molecular complexity index is 290. The topological polar surface area (TPSA) is 52.6 Å². The van der Waals surface area contributed by atoms with Gasteiger partial charge in [0, 0.05) is 20.6 Å². The van der Waals surface area contributed by atoms with Crippen molar-refractivity contribution >= 4 is 5.91 Å². The maximum absolute atomic E-state index is 11.7. The molecule has 1 rings (SSSR count). The van der Waals surface area contributed by atoms with Crippen molar-refractivity contribution < 1.29 is 9.90 Å². The van der Waals surface area contributed by atoms with Gasteiger partial charge in [-0.1, -0.05) is 13.8 Å². The van der Waals surface area contributed by atoms with Crippen molar-refractivity contribution in [1.29, 1.82) is 0 Å². The van der Waals surface area contributed by atoms with Crippen LogP contribution in [0.5, 0.6) is 0 Å². The third-order valence-corrected chi connectivity index (χ3v) is 4.08. The fourth-order valence-electron chi connectivity index (χ4n) is 2.39. The summed E-state index contributed by atoms with van der Waals surface area (Å²) in [4.78, 5) is 13.3. The Morgan fingerprint density at radius 1 is 1.28 bits per heavy atom. The standard InChI is InChI=1S/C14H28N2O2/c1-11(12(17)16(4)5)15-10-14(18)8-6-13(2,3)7-9-14/h11,15,18H,6-10H2,1-5H3. The molecule has 2 N–H and O–H groups in total. The van der Waals surface area contributed by atoms with Crippen LogP contribution in [0.4, 0.5) is 0 Å². The molecular weight excluding hydrogens is 228 g/mol. The molecule has 0 spiro atoms. The average molecular weight is 256 g/mol. The molecule has 0 saturated heterocycles. The van der Waals surface area contributed by atoms with Gasteiger partial charge >= 0.3 is 0 Å². The molecule has 1 unspecified atom stereocenters. The van der Waals surface area contributed by atoms with E-state index < -0.39 is 5.60 Å².